The van der Waals surface area contributed by atoms with Gasteiger partial charge in [-0.15, -0.1) is 11.3 Å². The molecule has 1 aliphatic rings. The SMILES string of the molecule is C=C/C(=C\C(=C/C)c1ccc2[nH]nc(-c3nc4nccc(-c5ccc(Cl)s5)c4[nH]3)c2n1)NC(=C)C1CCCC1. The van der Waals surface area contributed by atoms with Crippen molar-refractivity contribution in [1.82, 2.24) is 35.5 Å². The predicted molar refractivity (Wildman–Crippen MR) is 161 cm³/mol. The number of halogens is 1. The molecule has 0 aliphatic heterocycles. The number of imidazole rings is 1. The molecule has 1 aliphatic carbocycles. The number of H-pyrrole nitrogens is 2. The molecule has 7 nitrogen and oxygen atoms in total. The van der Waals surface area contributed by atoms with Crippen LogP contribution in [0.3, 0.4) is 0 Å². The molecule has 0 unspecified atom stereocenters. The molecule has 5 aromatic heterocycles. The Labute approximate surface area is 235 Å². The van der Waals surface area contributed by atoms with Gasteiger partial charge in [-0.1, -0.05) is 43.7 Å². The van der Waals surface area contributed by atoms with Crippen molar-refractivity contribution >= 4 is 50.7 Å². The zero-order chi connectivity index (χ0) is 26.9. The van der Waals surface area contributed by atoms with Crippen LogP contribution < -0.4 is 5.32 Å². The van der Waals surface area contributed by atoms with Crippen molar-refractivity contribution in [3.8, 4) is 22.0 Å². The van der Waals surface area contributed by atoms with E-state index in [0.29, 0.717) is 23.1 Å². The van der Waals surface area contributed by atoms with Crippen LogP contribution in [0.4, 0.5) is 0 Å². The van der Waals surface area contributed by atoms with Crippen molar-refractivity contribution in [1.29, 1.82) is 0 Å². The molecule has 1 saturated carbocycles. The third kappa shape index (κ3) is 4.93. The van der Waals surface area contributed by atoms with E-state index in [2.05, 4.69) is 44.7 Å². The Bertz CT molecular complexity index is 1760. The van der Waals surface area contributed by atoms with Gasteiger partial charge in [0, 0.05) is 28.0 Å². The van der Waals surface area contributed by atoms with Crippen LogP contribution in [0.2, 0.25) is 4.34 Å². The number of hydrogen-bond acceptors (Lipinski definition) is 6. The van der Waals surface area contributed by atoms with Crippen LogP contribution >= 0.6 is 22.9 Å². The first-order valence-electron chi connectivity index (χ1n) is 13.0. The molecule has 1 fully saturated rings. The van der Waals surface area contributed by atoms with E-state index in [1.165, 1.54) is 37.0 Å². The highest BCUT2D eigenvalue weighted by Gasteiger charge is 2.19. The van der Waals surface area contributed by atoms with Gasteiger partial charge in [-0.25, -0.2) is 15.0 Å². The maximum atomic E-state index is 6.19. The van der Waals surface area contributed by atoms with Crippen LogP contribution in [0.5, 0.6) is 0 Å². The molecule has 0 aromatic carbocycles. The molecule has 5 aromatic rings. The highest BCUT2D eigenvalue weighted by molar-refractivity contribution is 7.19. The molecule has 39 heavy (non-hydrogen) atoms. The van der Waals surface area contributed by atoms with Crippen LogP contribution in [0.25, 0.3) is 49.7 Å². The third-order valence-corrected chi connectivity index (χ3v) is 8.42. The molecule has 9 heteroatoms. The second kappa shape index (κ2) is 10.6. The summed E-state index contributed by atoms with van der Waals surface area (Å²) in [5, 5.41) is 11.1. The number of aromatic amines is 2. The van der Waals surface area contributed by atoms with Gasteiger partial charge in [0.25, 0.3) is 0 Å². The lowest BCUT2D eigenvalue weighted by molar-refractivity contribution is 0.607. The van der Waals surface area contributed by atoms with Crippen molar-refractivity contribution in [3.63, 3.8) is 0 Å². The fourth-order valence-electron chi connectivity index (χ4n) is 5.09. The fourth-order valence-corrected chi connectivity index (χ4v) is 6.17. The summed E-state index contributed by atoms with van der Waals surface area (Å²) < 4.78 is 0.733. The molecule has 0 saturated heterocycles. The van der Waals surface area contributed by atoms with Gasteiger partial charge in [0.2, 0.25) is 0 Å². The molecule has 3 N–H and O–H groups in total. The van der Waals surface area contributed by atoms with Crippen molar-refractivity contribution in [3.05, 3.63) is 89.3 Å². The summed E-state index contributed by atoms with van der Waals surface area (Å²) in [6.45, 7) is 10.3. The number of hydrogen-bond donors (Lipinski definition) is 3. The Morgan fingerprint density at radius 3 is 2.74 bits per heavy atom. The lowest BCUT2D eigenvalue weighted by Crippen LogP contribution is -2.16. The number of fused-ring (bicyclic) bond motifs is 2. The lowest BCUT2D eigenvalue weighted by Gasteiger charge is -2.16. The van der Waals surface area contributed by atoms with E-state index in [0.717, 1.165) is 54.0 Å². The number of aromatic nitrogens is 6. The Kier molecular flexibility index (Phi) is 6.89. The quantitative estimate of drug-likeness (QED) is 0.169. The summed E-state index contributed by atoms with van der Waals surface area (Å²) in [6, 6.07) is 9.83. The van der Waals surface area contributed by atoms with Gasteiger partial charge in [0.1, 0.15) is 5.52 Å². The first kappa shape index (κ1) is 25.3. The summed E-state index contributed by atoms with van der Waals surface area (Å²) in [5.41, 5.74) is 8.37. The van der Waals surface area contributed by atoms with Crippen molar-refractivity contribution < 1.29 is 0 Å². The van der Waals surface area contributed by atoms with Crippen molar-refractivity contribution in [2.45, 2.75) is 32.6 Å². The number of rotatable bonds is 8. The smallest absolute Gasteiger partial charge is 0.178 e. The summed E-state index contributed by atoms with van der Waals surface area (Å²) in [6.07, 6.45) is 12.6. The van der Waals surface area contributed by atoms with Gasteiger partial charge in [-0.2, -0.15) is 5.10 Å². The van der Waals surface area contributed by atoms with Crippen LogP contribution in [0, 0.1) is 5.92 Å². The monoisotopic (exact) mass is 553 g/mol. The van der Waals surface area contributed by atoms with E-state index < -0.39 is 0 Å². The second-order valence-electron chi connectivity index (χ2n) is 9.59. The Morgan fingerprint density at radius 1 is 1.15 bits per heavy atom. The van der Waals surface area contributed by atoms with Crippen LogP contribution in [0.1, 0.15) is 38.3 Å². The van der Waals surface area contributed by atoms with E-state index in [1.54, 1.807) is 6.20 Å². The van der Waals surface area contributed by atoms with E-state index in [-0.39, 0.29) is 0 Å². The minimum Gasteiger partial charge on any atom is -0.359 e. The minimum atomic E-state index is 0.515. The second-order valence-corrected chi connectivity index (χ2v) is 11.3. The number of thiophene rings is 1. The van der Waals surface area contributed by atoms with Gasteiger partial charge in [0.15, 0.2) is 17.2 Å². The summed E-state index contributed by atoms with van der Waals surface area (Å²) >= 11 is 7.71. The normalized spacial score (nSPS) is 14.9. The molecule has 0 bridgehead atoms. The van der Waals surface area contributed by atoms with Gasteiger partial charge in [0.05, 0.1) is 21.1 Å². The van der Waals surface area contributed by atoms with E-state index >= 15 is 0 Å². The zero-order valence-corrected chi connectivity index (χ0v) is 23.2. The van der Waals surface area contributed by atoms with E-state index in [4.69, 9.17) is 21.6 Å². The highest BCUT2D eigenvalue weighted by atomic mass is 35.5. The Morgan fingerprint density at radius 2 is 2.00 bits per heavy atom. The Hall–Kier alpha value is -4.01. The average Bonchev–Trinajstić information content (AvgIpc) is 3.76. The maximum Gasteiger partial charge on any atom is 0.178 e. The third-order valence-electron chi connectivity index (χ3n) is 7.15. The molecule has 6 rings (SSSR count). The zero-order valence-electron chi connectivity index (χ0n) is 21.6. The van der Waals surface area contributed by atoms with Crippen LogP contribution in [-0.2, 0) is 0 Å². The number of allylic oxidation sites excluding steroid dienone is 5. The molecule has 5 heterocycles. The summed E-state index contributed by atoms with van der Waals surface area (Å²) in [5.74, 6) is 1.11. The van der Waals surface area contributed by atoms with Gasteiger partial charge < -0.3 is 10.3 Å². The molecular weight excluding hydrogens is 526 g/mol. The predicted octanol–water partition coefficient (Wildman–Crippen LogP) is 8.04. The summed E-state index contributed by atoms with van der Waals surface area (Å²) in [4.78, 5) is 18.7. The van der Waals surface area contributed by atoms with Crippen molar-refractivity contribution in [2.24, 2.45) is 5.92 Å². The minimum absolute atomic E-state index is 0.515. The molecule has 0 radical (unpaired) electrons. The number of nitrogens with zero attached hydrogens (tertiary/aromatic N) is 4. The first-order chi connectivity index (χ1) is 19.0. The Balaban J connectivity index is 1.35. The van der Waals surface area contributed by atoms with Gasteiger partial charge >= 0.3 is 0 Å². The van der Waals surface area contributed by atoms with Crippen LogP contribution in [-0.4, -0.2) is 30.1 Å². The number of nitrogens with one attached hydrogen (secondary N) is 3. The molecule has 0 amide bonds. The molecule has 196 valence electrons. The molecule has 0 spiro atoms. The van der Waals surface area contributed by atoms with E-state index in [9.17, 15) is 0 Å². The topological polar surface area (TPSA) is 95.2 Å². The van der Waals surface area contributed by atoms with Gasteiger partial charge in [-0.3, -0.25) is 5.10 Å². The maximum absolute atomic E-state index is 6.19. The highest BCUT2D eigenvalue weighted by Crippen LogP contribution is 2.36. The fraction of sp³-hybridized carbons (Fsp3) is 0.200. The lowest BCUT2D eigenvalue weighted by atomic mass is 10.0. The van der Waals surface area contributed by atoms with Gasteiger partial charge in [-0.05, 0) is 73.7 Å². The summed E-state index contributed by atoms with van der Waals surface area (Å²) in [7, 11) is 0. The largest absolute Gasteiger partial charge is 0.359 e. The van der Waals surface area contributed by atoms with Crippen molar-refractivity contribution in [2.75, 3.05) is 0 Å². The molecular formula is C30H28ClN7S. The van der Waals surface area contributed by atoms with E-state index in [1.807, 2.05) is 49.4 Å². The standard InChI is InChI=1S/C30H28ClN7S/c1-4-18(16-20(5-2)33-17(3)19-8-6-7-9-19)22-10-11-23-27(34-22)28(38-37-23)30-35-26-21(14-15-32-29(26)36-30)24-12-13-25(31)39-24/h4-5,10-16,19,33H,2-3,6-9H2,1H3,(H,37,38)(H,32,35,36)/b18-4+,20-16+. The molecule has 0 atom stereocenters. The van der Waals surface area contributed by atoms with Crippen LogP contribution in [0.15, 0.2) is 79.3 Å². The first-order valence-corrected chi connectivity index (χ1v) is 14.2. The number of pyridine rings is 2. The average molecular weight is 554 g/mol.